The lowest BCUT2D eigenvalue weighted by Crippen LogP contribution is -2.52. The van der Waals surface area contributed by atoms with E-state index in [2.05, 4.69) is 0 Å². The molecule has 0 spiro atoms. The van der Waals surface area contributed by atoms with Gasteiger partial charge in [0.1, 0.15) is 0 Å². The summed E-state index contributed by atoms with van der Waals surface area (Å²) in [5.74, 6) is 9.21. The van der Waals surface area contributed by atoms with Crippen LogP contribution in [0.1, 0.15) is 103 Å². The molecule has 0 unspecified atom stereocenters. The van der Waals surface area contributed by atoms with Crippen LogP contribution < -0.4 is 0 Å². The fourth-order valence-electron chi connectivity index (χ4n) is 11.7. The molecular formula is C26H40. The Morgan fingerprint density at radius 1 is 0.346 bits per heavy atom. The average Bonchev–Trinajstić information content (AvgIpc) is 2.60. The molecule has 0 amide bonds. The molecule has 0 heteroatoms. The Morgan fingerprint density at radius 2 is 0.577 bits per heavy atom. The first-order valence-electron chi connectivity index (χ1n) is 12.7. The lowest BCUT2D eigenvalue weighted by Gasteiger charge is -2.63. The Balaban J connectivity index is 1.08. The highest BCUT2D eigenvalue weighted by Gasteiger charge is 2.57. The van der Waals surface area contributed by atoms with Crippen LogP contribution in [-0.2, 0) is 0 Å². The van der Waals surface area contributed by atoms with Gasteiger partial charge < -0.3 is 0 Å². The highest BCUT2D eigenvalue weighted by molar-refractivity contribution is 5.08. The van der Waals surface area contributed by atoms with Gasteiger partial charge in [0.05, 0.1) is 0 Å². The number of rotatable bonds is 2. The van der Waals surface area contributed by atoms with E-state index >= 15 is 0 Å². The zero-order chi connectivity index (χ0) is 16.9. The van der Waals surface area contributed by atoms with Crippen LogP contribution in [-0.4, -0.2) is 0 Å². The summed E-state index contributed by atoms with van der Waals surface area (Å²) in [4.78, 5) is 0. The van der Waals surface area contributed by atoms with Crippen LogP contribution in [0.3, 0.4) is 0 Å². The molecule has 0 aromatic rings. The molecule has 0 heterocycles. The fourth-order valence-corrected chi connectivity index (χ4v) is 11.7. The number of hydrogen-bond donors (Lipinski definition) is 0. The second-order valence-electron chi connectivity index (χ2n) is 13.1. The van der Waals surface area contributed by atoms with Crippen molar-refractivity contribution >= 4 is 0 Å². The monoisotopic (exact) mass is 352 g/mol. The molecule has 0 aromatic heterocycles. The van der Waals surface area contributed by atoms with Crippen LogP contribution in [0, 0.1) is 58.2 Å². The summed E-state index contributed by atoms with van der Waals surface area (Å²) in [6.45, 7) is 0. The third kappa shape index (κ3) is 2.20. The summed E-state index contributed by atoms with van der Waals surface area (Å²) in [6, 6.07) is 0. The van der Waals surface area contributed by atoms with Gasteiger partial charge in [-0.2, -0.15) is 0 Å². The first kappa shape index (κ1) is 15.9. The largest absolute Gasteiger partial charge is 0.0496 e. The van der Waals surface area contributed by atoms with Gasteiger partial charge in [0.25, 0.3) is 0 Å². The van der Waals surface area contributed by atoms with Gasteiger partial charge in [-0.05, 0) is 161 Å². The molecule has 0 aliphatic heterocycles. The van der Waals surface area contributed by atoms with E-state index in [0.29, 0.717) is 0 Å². The summed E-state index contributed by atoms with van der Waals surface area (Å²) in [7, 11) is 0. The van der Waals surface area contributed by atoms with Crippen molar-refractivity contribution in [3.63, 3.8) is 0 Å². The molecule has 0 saturated heterocycles. The van der Waals surface area contributed by atoms with E-state index in [1.807, 2.05) is 0 Å². The minimum absolute atomic E-state index is 0.848. The second kappa shape index (κ2) is 5.33. The van der Waals surface area contributed by atoms with Crippen molar-refractivity contribution in [2.75, 3.05) is 0 Å². The van der Waals surface area contributed by atoms with Crippen LogP contribution in [0.4, 0.5) is 0 Å². The topological polar surface area (TPSA) is 0 Å². The quantitative estimate of drug-likeness (QED) is 0.492. The Hall–Kier alpha value is 0. The van der Waals surface area contributed by atoms with Crippen molar-refractivity contribution in [2.45, 2.75) is 103 Å². The summed E-state index contributed by atoms with van der Waals surface area (Å²) in [5.41, 5.74) is 1.70. The van der Waals surface area contributed by atoms with Crippen LogP contribution in [0.2, 0.25) is 0 Å². The summed E-state index contributed by atoms with van der Waals surface area (Å²) in [6.07, 6.45) is 26.3. The molecule has 0 atom stereocenters. The molecule has 9 aliphatic carbocycles. The first-order valence-corrected chi connectivity index (χ1v) is 12.7. The van der Waals surface area contributed by atoms with Crippen molar-refractivity contribution in [1.29, 1.82) is 0 Å². The molecule has 0 N–H and O–H groups in total. The first-order chi connectivity index (χ1) is 12.7. The van der Waals surface area contributed by atoms with Gasteiger partial charge in [-0.25, -0.2) is 0 Å². The predicted octanol–water partition coefficient (Wildman–Crippen LogP) is 7.23. The predicted molar refractivity (Wildman–Crippen MR) is 107 cm³/mol. The molecule has 8 bridgehead atoms. The maximum Gasteiger partial charge on any atom is -0.0261 e. The minimum Gasteiger partial charge on any atom is -0.0496 e. The third-order valence-electron chi connectivity index (χ3n) is 11.6. The maximum absolute atomic E-state index is 1.66. The zero-order valence-electron chi connectivity index (χ0n) is 16.9. The Bertz CT molecular complexity index is 454. The molecule has 0 radical (unpaired) electrons. The van der Waals surface area contributed by atoms with E-state index in [1.165, 1.54) is 0 Å². The molecule has 9 fully saturated rings. The third-order valence-corrected chi connectivity index (χ3v) is 11.6. The summed E-state index contributed by atoms with van der Waals surface area (Å²) < 4.78 is 0. The Labute approximate surface area is 161 Å². The van der Waals surface area contributed by atoms with Gasteiger partial charge in [0, 0.05) is 0 Å². The maximum atomic E-state index is 1.66. The van der Waals surface area contributed by atoms with E-state index in [9.17, 15) is 0 Å². The van der Waals surface area contributed by atoms with Gasteiger partial charge in [-0.1, -0.05) is 0 Å². The zero-order valence-corrected chi connectivity index (χ0v) is 16.9. The standard InChI is InChI=1S/C26H40/c1-2-24(26-14-20-8-21(15-26)10-22(9-20)16-26)4-3-23(1)25-11-17-5-18(12-25)7-19(6-17)13-25/h17-24H,1-16H2. The van der Waals surface area contributed by atoms with E-state index in [1.54, 1.807) is 103 Å². The van der Waals surface area contributed by atoms with E-state index in [0.717, 1.165) is 58.2 Å². The molecule has 144 valence electrons. The van der Waals surface area contributed by atoms with Gasteiger partial charge in [-0.3, -0.25) is 0 Å². The van der Waals surface area contributed by atoms with Crippen molar-refractivity contribution in [2.24, 2.45) is 58.2 Å². The lowest BCUT2D eigenvalue weighted by atomic mass is 9.42. The molecule has 9 saturated carbocycles. The van der Waals surface area contributed by atoms with E-state index < -0.39 is 0 Å². The Kier molecular flexibility index (Phi) is 3.25. The molecular weight excluding hydrogens is 312 g/mol. The molecule has 0 aromatic carbocycles. The van der Waals surface area contributed by atoms with Gasteiger partial charge in [0.2, 0.25) is 0 Å². The molecule has 9 aliphatic rings. The van der Waals surface area contributed by atoms with Crippen molar-refractivity contribution in [1.82, 2.24) is 0 Å². The van der Waals surface area contributed by atoms with Crippen LogP contribution in [0.5, 0.6) is 0 Å². The smallest absolute Gasteiger partial charge is 0.0261 e. The summed E-state index contributed by atoms with van der Waals surface area (Å²) in [5, 5.41) is 0. The SMILES string of the molecule is C1C2CC3CC1CC(C1CCC(C45CC6CC(CC(C6)C4)C5)CC1)(C2)C3. The highest BCUT2D eigenvalue weighted by atomic mass is 14.6. The van der Waals surface area contributed by atoms with Gasteiger partial charge >= 0.3 is 0 Å². The van der Waals surface area contributed by atoms with Crippen molar-refractivity contribution < 1.29 is 0 Å². The molecule has 26 heavy (non-hydrogen) atoms. The average molecular weight is 353 g/mol. The second-order valence-corrected chi connectivity index (χ2v) is 13.1. The molecule has 0 nitrogen and oxygen atoms in total. The fraction of sp³-hybridized carbons (Fsp3) is 1.00. The minimum atomic E-state index is 0.848. The van der Waals surface area contributed by atoms with Gasteiger partial charge in [0.15, 0.2) is 0 Å². The summed E-state index contributed by atoms with van der Waals surface area (Å²) >= 11 is 0. The normalized spacial score (nSPS) is 62.8. The van der Waals surface area contributed by atoms with Crippen LogP contribution in [0.25, 0.3) is 0 Å². The van der Waals surface area contributed by atoms with Gasteiger partial charge in [-0.15, -0.1) is 0 Å². The lowest BCUT2D eigenvalue weighted by molar-refractivity contribution is -0.123. The van der Waals surface area contributed by atoms with Crippen LogP contribution >= 0.6 is 0 Å². The molecule has 9 rings (SSSR count). The van der Waals surface area contributed by atoms with Crippen LogP contribution in [0.15, 0.2) is 0 Å². The highest BCUT2D eigenvalue weighted by Crippen LogP contribution is 2.68. The number of hydrogen-bond acceptors (Lipinski definition) is 0. The van der Waals surface area contributed by atoms with E-state index in [4.69, 9.17) is 0 Å². The van der Waals surface area contributed by atoms with Crippen molar-refractivity contribution in [3.8, 4) is 0 Å². The van der Waals surface area contributed by atoms with E-state index in [-0.39, 0.29) is 0 Å². The Morgan fingerprint density at radius 3 is 0.808 bits per heavy atom. The van der Waals surface area contributed by atoms with Crippen molar-refractivity contribution in [3.05, 3.63) is 0 Å².